The molecule has 0 radical (unpaired) electrons. The van der Waals surface area contributed by atoms with E-state index in [1.54, 1.807) is 6.07 Å². The summed E-state index contributed by atoms with van der Waals surface area (Å²) in [6.45, 7) is 3.59. The molecule has 116 valence electrons. The standard InChI is InChI=1S/C17H25FN2O/c18-17-14(12-20-8-1-2-9-20)4-3-5-16(17)21-15-10-13(11-15)6-7-19/h3-5,13,15H,1-2,6-12,19H2. The minimum atomic E-state index is -0.174. The molecular formula is C17H25FN2O. The first kappa shape index (κ1) is 14.8. The van der Waals surface area contributed by atoms with Gasteiger partial charge in [0.15, 0.2) is 11.6 Å². The lowest BCUT2D eigenvalue weighted by Gasteiger charge is -2.35. The molecule has 0 unspecified atom stereocenters. The number of likely N-dealkylation sites (tertiary alicyclic amines) is 1. The second-order valence-corrected chi connectivity index (χ2v) is 6.37. The summed E-state index contributed by atoms with van der Waals surface area (Å²) >= 11 is 0. The van der Waals surface area contributed by atoms with E-state index < -0.39 is 0 Å². The number of ether oxygens (including phenoxy) is 1. The number of benzene rings is 1. The zero-order valence-electron chi connectivity index (χ0n) is 12.6. The van der Waals surface area contributed by atoms with Gasteiger partial charge in [-0.05, 0) is 63.7 Å². The number of halogens is 1. The maximum Gasteiger partial charge on any atom is 0.169 e. The highest BCUT2D eigenvalue weighted by atomic mass is 19.1. The highest BCUT2D eigenvalue weighted by Crippen LogP contribution is 2.34. The van der Waals surface area contributed by atoms with Crippen molar-refractivity contribution in [1.29, 1.82) is 0 Å². The summed E-state index contributed by atoms with van der Waals surface area (Å²) in [5.41, 5.74) is 6.31. The molecule has 0 amide bonds. The molecule has 0 aromatic heterocycles. The van der Waals surface area contributed by atoms with Crippen LogP contribution in [-0.2, 0) is 6.54 Å². The zero-order valence-corrected chi connectivity index (χ0v) is 12.6. The van der Waals surface area contributed by atoms with Gasteiger partial charge in [0.25, 0.3) is 0 Å². The Labute approximate surface area is 126 Å². The Bertz CT molecular complexity index is 468. The summed E-state index contributed by atoms with van der Waals surface area (Å²) in [5.74, 6) is 0.908. The number of hydrogen-bond acceptors (Lipinski definition) is 3. The zero-order chi connectivity index (χ0) is 14.7. The second-order valence-electron chi connectivity index (χ2n) is 6.37. The fourth-order valence-corrected chi connectivity index (χ4v) is 3.37. The molecule has 1 aromatic carbocycles. The Morgan fingerprint density at radius 3 is 2.71 bits per heavy atom. The van der Waals surface area contributed by atoms with Crippen LogP contribution in [0.15, 0.2) is 18.2 Å². The van der Waals surface area contributed by atoms with Crippen molar-refractivity contribution in [3.63, 3.8) is 0 Å². The molecular weight excluding hydrogens is 267 g/mol. The van der Waals surface area contributed by atoms with Gasteiger partial charge in [0.05, 0.1) is 6.10 Å². The molecule has 4 heteroatoms. The summed E-state index contributed by atoms with van der Waals surface area (Å²) in [6, 6.07) is 5.53. The molecule has 3 rings (SSSR count). The van der Waals surface area contributed by atoms with Gasteiger partial charge < -0.3 is 10.5 Å². The molecule has 1 aliphatic heterocycles. The Balaban J connectivity index is 1.58. The third-order valence-electron chi connectivity index (χ3n) is 4.70. The molecule has 2 fully saturated rings. The molecule has 3 nitrogen and oxygen atoms in total. The van der Waals surface area contributed by atoms with Crippen molar-refractivity contribution in [2.75, 3.05) is 19.6 Å². The van der Waals surface area contributed by atoms with Crippen molar-refractivity contribution in [2.24, 2.45) is 11.7 Å². The Morgan fingerprint density at radius 2 is 2.00 bits per heavy atom. The van der Waals surface area contributed by atoms with Crippen molar-refractivity contribution in [3.05, 3.63) is 29.6 Å². The van der Waals surface area contributed by atoms with Crippen LogP contribution in [-0.4, -0.2) is 30.6 Å². The van der Waals surface area contributed by atoms with Gasteiger partial charge in [0.1, 0.15) is 0 Å². The van der Waals surface area contributed by atoms with E-state index >= 15 is 0 Å². The van der Waals surface area contributed by atoms with Crippen molar-refractivity contribution in [1.82, 2.24) is 4.90 Å². The molecule has 2 N–H and O–H groups in total. The maximum atomic E-state index is 14.5. The summed E-state index contributed by atoms with van der Waals surface area (Å²) < 4.78 is 20.3. The molecule has 1 saturated carbocycles. The fraction of sp³-hybridized carbons (Fsp3) is 0.647. The summed E-state index contributed by atoms with van der Waals surface area (Å²) in [5, 5.41) is 0. The lowest BCUT2D eigenvalue weighted by molar-refractivity contribution is 0.0582. The molecule has 0 atom stereocenters. The van der Waals surface area contributed by atoms with Crippen LogP contribution in [0, 0.1) is 11.7 Å². The third kappa shape index (κ3) is 3.55. The summed E-state index contributed by atoms with van der Waals surface area (Å²) in [6.07, 6.45) is 5.68. The molecule has 0 spiro atoms. The van der Waals surface area contributed by atoms with Crippen LogP contribution in [0.1, 0.15) is 37.7 Å². The van der Waals surface area contributed by atoms with Crippen LogP contribution in [0.5, 0.6) is 5.75 Å². The Kier molecular flexibility index (Phi) is 4.76. The first-order chi connectivity index (χ1) is 10.3. The monoisotopic (exact) mass is 292 g/mol. The van der Waals surface area contributed by atoms with Crippen LogP contribution < -0.4 is 10.5 Å². The maximum absolute atomic E-state index is 14.5. The topological polar surface area (TPSA) is 38.5 Å². The number of nitrogens with two attached hydrogens (primary N) is 1. The normalized spacial score (nSPS) is 25.8. The van der Waals surface area contributed by atoms with Crippen LogP contribution in [0.25, 0.3) is 0 Å². The highest BCUT2D eigenvalue weighted by molar-refractivity contribution is 5.31. The van der Waals surface area contributed by atoms with E-state index in [1.807, 2.05) is 12.1 Å². The minimum Gasteiger partial charge on any atom is -0.487 e. The molecule has 1 saturated heterocycles. The second kappa shape index (κ2) is 6.75. The van der Waals surface area contributed by atoms with E-state index in [0.29, 0.717) is 18.2 Å². The van der Waals surface area contributed by atoms with E-state index in [9.17, 15) is 4.39 Å². The average Bonchev–Trinajstić information content (AvgIpc) is 2.93. The average molecular weight is 292 g/mol. The molecule has 1 aromatic rings. The fourth-order valence-electron chi connectivity index (χ4n) is 3.37. The third-order valence-corrected chi connectivity index (χ3v) is 4.70. The van der Waals surface area contributed by atoms with Gasteiger partial charge in [-0.15, -0.1) is 0 Å². The van der Waals surface area contributed by atoms with Gasteiger partial charge in [-0.2, -0.15) is 0 Å². The van der Waals surface area contributed by atoms with Gasteiger partial charge >= 0.3 is 0 Å². The first-order valence-electron chi connectivity index (χ1n) is 8.12. The van der Waals surface area contributed by atoms with Crippen molar-refractivity contribution in [3.8, 4) is 5.75 Å². The van der Waals surface area contributed by atoms with E-state index in [0.717, 1.165) is 44.5 Å². The summed E-state index contributed by atoms with van der Waals surface area (Å²) in [7, 11) is 0. The number of nitrogens with zero attached hydrogens (tertiary/aromatic N) is 1. The molecule has 2 aliphatic rings. The quantitative estimate of drug-likeness (QED) is 0.876. The Morgan fingerprint density at radius 1 is 1.24 bits per heavy atom. The van der Waals surface area contributed by atoms with Crippen LogP contribution >= 0.6 is 0 Å². The number of hydrogen-bond donors (Lipinski definition) is 1. The van der Waals surface area contributed by atoms with Crippen molar-refractivity contribution in [2.45, 2.75) is 44.8 Å². The van der Waals surface area contributed by atoms with E-state index in [1.165, 1.54) is 12.8 Å². The minimum absolute atomic E-state index is 0.165. The van der Waals surface area contributed by atoms with Gasteiger partial charge in [0, 0.05) is 12.1 Å². The van der Waals surface area contributed by atoms with Gasteiger partial charge in [-0.3, -0.25) is 4.90 Å². The predicted octanol–water partition coefficient (Wildman–Crippen LogP) is 2.93. The highest BCUT2D eigenvalue weighted by Gasteiger charge is 2.30. The molecule has 21 heavy (non-hydrogen) atoms. The van der Waals surface area contributed by atoms with E-state index in [2.05, 4.69) is 4.90 Å². The predicted molar refractivity (Wildman–Crippen MR) is 81.7 cm³/mol. The van der Waals surface area contributed by atoms with Crippen molar-refractivity contribution < 1.29 is 9.13 Å². The largest absolute Gasteiger partial charge is 0.487 e. The first-order valence-corrected chi connectivity index (χ1v) is 8.12. The van der Waals surface area contributed by atoms with Crippen molar-refractivity contribution >= 4 is 0 Å². The number of rotatable bonds is 6. The SMILES string of the molecule is NCCC1CC(Oc2cccc(CN3CCCC3)c2F)C1. The molecule has 1 aliphatic carbocycles. The van der Waals surface area contributed by atoms with Crippen LogP contribution in [0.2, 0.25) is 0 Å². The van der Waals surface area contributed by atoms with Gasteiger partial charge in [0.2, 0.25) is 0 Å². The molecule has 0 bridgehead atoms. The smallest absolute Gasteiger partial charge is 0.169 e. The van der Waals surface area contributed by atoms with E-state index in [4.69, 9.17) is 10.5 Å². The van der Waals surface area contributed by atoms with Gasteiger partial charge in [-0.25, -0.2) is 4.39 Å². The molecule has 1 heterocycles. The Hall–Kier alpha value is -1.13. The summed E-state index contributed by atoms with van der Waals surface area (Å²) in [4.78, 5) is 2.31. The van der Waals surface area contributed by atoms with Crippen LogP contribution in [0.4, 0.5) is 4.39 Å². The van der Waals surface area contributed by atoms with Crippen LogP contribution in [0.3, 0.4) is 0 Å². The van der Waals surface area contributed by atoms with E-state index in [-0.39, 0.29) is 11.9 Å². The van der Waals surface area contributed by atoms with Gasteiger partial charge in [-0.1, -0.05) is 12.1 Å². The lowest BCUT2D eigenvalue weighted by atomic mass is 9.80. The lowest BCUT2D eigenvalue weighted by Crippen LogP contribution is -2.35.